The van der Waals surface area contributed by atoms with Gasteiger partial charge in [-0.05, 0) is 18.2 Å². The van der Waals surface area contributed by atoms with Crippen molar-refractivity contribution < 1.29 is 4.74 Å². The molecule has 4 aromatic rings. The van der Waals surface area contributed by atoms with Gasteiger partial charge in [-0.3, -0.25) is 14.6 Å². The van der Waals surface area contributed by atoms with E-state index in [4.69, 9.17) is 16.3 Å². The van der Waals surface area contributed by atoms with Crippen LogP contribution in [0.15, 0.2) is 41.6 Å². The number of nitrogens with one attached hydrogen (secondary N) is 3. The number of benzene rings is 1. The molecule has 0 amide bonds. The average Bonchev–Trinajstić information content (AvgIpc) is 3.23. The monoisotopic (exact) mass is 370 g/mol. The topological polar surface area (TPSA) is 101 Å². The van der Waals surface area contributed by atoms with Crippen LogP contribution in [0.2, 0.25) is 5.15 Å². The number of para-hydroxylation sites is 1. The fourth-order valence-corrected chi connectivity index (χ4v) is 3.10. The van der Waals surface area contributed by atoms with E-state index in [9.17, 15) is 4.79 Å². The Morgan fingerprint density at radius 1 is 1.31 bits per heavy atom. The molecule has 0 atom stereocenters. The van der Waals surface area contributed by atoms with Crippen molar-refractivity contribution in [3.63, 3.8) is 0 Å². The fourth-order valence-electron chi connectivity index (χ4n) is 2.90. The predicted molar refractivity (Wildman–Crippen MR) is 100 cm³/mol. The number of anilines is 2. The molecule has 8 nitrogen and oxygen atoms in total. The molecule has 0 radical (unpaired) electrons. The second kappa shape index (κ2) is 6.23. The van der Waals surface area contributed by atoms with Crippen LogP contribution in [0.25, 0.3) is 22.3 Å². The van der Waals surface area contributed by atoms with Gasteiger partial charge in [0, 0.05) is 12.6 Å². The Kier molecular flexibility index (Phi) is 3.89. The van der Waals surface area contributed by atoms with Crippen LogP contribution >= 0.6 is 11.6 Å². The van der Waals surface area contributed by atoms with Gasteiger partial charge in [0.25, 0.3) is 5.56 Å². The third-order valence-electron chi connectivity index (χ3n) is 4.06. The van der Waals surface area contributed by atoms with Crippen molar-refractivity contribution in [1.82, 2.24) is 24.7 Å². The molecule has 132 valence electrons. The zero-order chi connectivity index (χ0) is 18.3. The number of H-pyrrole nitrogens is 2. The number of rotatable bonds is 4. The summed E-state index contributed by atoms with van der Waals surface area (Å²) in [6.07, 6.45) is 3.32. The van der Waals surface area contributed by atoms with Crippen LogP contribution in [0, 0.1) is 0 Å². The normalized spacial score (nSPS) is 11.0. The Bertz CT molecular complexity index is 1150. The van der Waals surface area contributed by atoms with Crippen molar-refractivity contribution in [1.29, 1.82) is 0 Å². The van der Waals surface area contributed by atoms with Crippen LogP contribution in [0.4, 0.5) is 11.4 Å². The van der Waals surface area contributed by atoms with E-state index >= 15 is 0 Å². The molecular formula is C17H15ClN6O2. The molecule has 0 saturated carbocycles. The first kappa shape index (κ1) is 16.2. The van der Waals surface area contributed by atoms with Gasteiger partial charge in [0.05, 0.1) is 36.7 Å². The van der Waals surface area contributed by atoms with E-state index in [2.05, 4.69) is 25.4 Å². The first-order valence-corrected chi connectivity index (χ1v) is 8.14. The van der Waals surface area contributed by atoms with Crippen LogP contribution in [0.1, 0.15) is 0 Å². The molecule has 0 fully saturated rings. The van der Waals surface area contributed by atoms with Crippen LogP contribution in [-0.4, -0.2) is 31.8 Å². The van der Waals surface area contributed by atoms with E-state index in [-0.39, 0.29) is 10.7 Å². The number of aromatic nitrogens is 5. The number of fused-ring (bicyclic) bond motifs is 1. The number of imidazole rings is 1. The Morgan fingerprint density at radius 3 is 2.88 bits per heavy atom. The second-order valence-corrected chi connectivity index (χ2v) is 6.06. The van der Waals surface area contributed by atoms with Crippen molar-refractivity contribution in [2.24, 2.45) is 7.05 Å². The Balaban J connectivity index is 1.88. The highest BCUT2D eigenvalue weighted by molar-refractivity contribution is 6.30. The van der Waals surface area contributed by atoms with E-state index < -0.39 is 0 Å². The van der Waals surface area contributed by atoms with Gasteiger partial charge in [-0.15, -0.1) is 0 Å². The van der Waals surface area contributed by atoms with Gasteiger partial charge in [0.2, 0.25) is 0 Å². The number of nitrogens with zero attached hydrogens (tertiary/aromatic N) is 3. The first-order valence-electron chi connectivity index (χ1n) is 7.76. The molecular weight excluding hydrogens is 356 g/mol. The quantitative estimate of drug-likeness (QED) is 0.479. The summed E-state index contributed by atoms with van der Waals surface area (Å²) in [7, 11) is 3.21. The molecule has 0 aliphatic carbocycles. The van der Waals surface area contributed by atoms with E-state index in [0.29, 0.717) is 28.2 Å². The van der Waals surface area contributed by atoms with Gasteiger partial charge in [-0.25, -0.2) is 9.97 Å². The highest BCUT2D eigenvalue weighted by atomic mass is 35.5. The number of aryl methyl sites for hydroxylation is 1. The number of hydrogen-bond donors (Lipinski definition) is 3. The summed E-state index contributed by atoms with van der Waals surface area (Å²) < 4.78 is 6.96. The van der Waals surface area contributed by atoms with E-state index in [1.165, 1.54) is 4.68 Å². The Labute approximate surface area is 152 Å². The number of aromatic amines is 2. The average molecular weight is 371 g/mol. The molecule has 0 saturated heterocycles. The molecule has 26 heavy (non-hydrogen) atoms. The molecule has 3 heterocycles. The number of hydrogen-bond acceptors (Lipinski definition) is 5. The van der Waals surface area contributed by atoms with Crippen LogP contribution < -0.4 is 15.6 Å². The summed E-state index contributed by atoms with van der Waals surface area (Å²) in [5.74, 6) is 0.616. The number of pyridine rings is 1. The molecule has 1 aromatic carbocycles. The van der Waals surface area contributed by atoms with Gasteiger partial charge in [0.15, 0.2) is 11.4 Å². The minimum atomic E-state index is -0.199. The number of ether oxygens (including phenoxy) is 1. The second-order valence-electron chi connectivity index (χ2n) is 5.67. The van der Waals surface area contributed by atoms with Crippen LogP contribution in [0.3, 0.4) is 0 Å². The minimum Gasteiger partial charge on any atom is -0.494 e. The lowest BCUT2D eigenvalue weighted by Gasteiger charge is -2.15. The summed E-state index contributed by atoms with van der Waals surface area (Å²) in [5, 5.41) is 6.82. The van der Waals surface area contributed by atoms with Crippen LogP contribution in [0.5, 0.6) is 5.75 Å². The lowest BCUT2D eigenvalue weighted by molar-refractivity contribution is 0.418. The minimum absolute atomic E-state index is 0.199. The Morgan fingerprint density at radius 2 is 2.15 bits per heavy atom. The van der Waals surface area contributed by atoms with Gasteiger partial charge in [-0.2, -0.15) is 0 Å². The molecule has 9 heteroatoms. The first-order chi connectivity index (χ1) is 12.6. The van der Waals surface area contributed by atoms with E-state index in [1.54, 1.807) is 32.7 Å². The smallest absolute Gasteiger partial charge is 0.277 e. The maximum Gasteiger partial charge on any atom is 0.277 e. The predicted octanol–water partition coefficient (Wildman–Crippen LogP) is 3.06. The summed E-state index contributed by atoms with van der Waals surface area (Å²) >= 11 is 6.11. The van der Waals surface area contributed by atoms with E-state index in [0.717, 1.165) is 11.3 Å². The summed E-state index contributed by atoms with van der Waals surface area (Å²) in [6.45, 7) is 0. The molecule has 0 unspecified atom stereocenters. The molecule has 3 N–H and O–H groups in total. The summed E-state index contributed by atoms with van der Waals surface area (Å²) in [6, 6.07) is 7.27. The lowest BCUT2D eigenvalue weighted by Crippen LogP contribution is -2.12. The molecule has 0 aliphatic heterocycles. The lowest BCUT2D eigenvalue weighted by atomic mass is 10.1. The summed E-state index contributed by atoms with van der Waals surface area (Å²) in [5.41, 5.74) is 3.11. The van der Waals surface area contributed by atoms with Crippen LogP contribution in [-0.2, 0) is 7.05 Å². The van der Waals surface area contributed by atoms with Gasteiger partial charge < -0.3 is 15.0 Å². The fraction of sp³-hybridized carbons (Fsp3) is 0.118. The zero-order valence-corrected chi connectivity index (χ0v) is 14.8. The number of halogens is 1. The molecule has 0 aliphatic rings. The van der Waals surface area contributed by atoms with Crippen molar-refractivity contribution in [3.8, 4) is 17.0 Å². The largest absolute Gasteiger partial charge is 0.494 e. The third-order valence-corrected chi connectivity index (χ3v) is 4.25. The molecule has 0 bridgehead atoms. The third kappa shape index (κ3) is 2.60. The van der Waals surface area contributed by atoms with Crippen molar-refractivity contribution in [2.75, 3.05) is 12.4 Å². The van der Waals surface area contributed by atoms with Crippen molar-refractivity contribution >= 4 is 34.0 Å². The van der Waals surface area contributed by atoms with Crippen molar-refractivity contribution in [2.45, 2.75) is 0 Å². The van der Waals surface area contributed by atoms with Gasteiger partial charge >= 0.3 is 0 Å². The SMILES string of the molecule is COc1c(Nc2cc(Cl)nc3[nH]n(C)c(=O)c23)cccc1-c1cnc[nH]1. The van der Waals surface area contributed by atoms with Gasteiger partial charge in [0.1, 0.15) is 10.5 Å². The number of methoxy groups -OCH3 is 1. The summed E-state index contributed by atoms with van der Waals surface area (Å²) in [4.78, 5) is 23.7. The van der Waals surface area contributed by atoms with E-state index in [1.807, 2.05) is 18.2 Å². The van der Waals surface area contributed by atoms with Gasteiger partial charge in [-0.1, -0.05) is 17.7 Å². The molecule has 4 rings (SSSR count). The highest BCUT2D eigenvalue weighted by Crippen LogP contribution is 2.37. The maximum absolute atomic E-state index is 12.4. The van der Waals surface area contributed by atoms with Crippen molar-refractivity contribution in [3.05, 3.63) is 52.3 Å². The highest BCUT2D eigenvalue weighted by Gasteiger charge is 2.16. The maximum atomic E-state index is 12.4. The molecule has 0 spiro atoms. The standard InChI is InChI=1S/C17H15ClN6O2/c1-24-17(25)14-11(6-13(18)22-16(14)23-24)21-10-5-3-4-9(15(10)26-2)12-7-19-8-20-12/h3-8H,1-2H3,(H,19,20)(H2,21,22,23). The zero-order valence-electron chi connectivity index (χ0n) is 14.0. The Hall–Kier alpha value is -3.26. The molecule has 3 aromatic heterocycles.